The third kappa shape index (κ3) is 7.07. The second-order valence-electron chi connectivity index (χ2n) is 8.68. The highest BCUT2D eigenvalue weighted by Gasteiger charge is 2.47. The van der Waals surface area contributed by atoms with Crippen LogP contribution in [-0.2, 0) is 40.1 Å². The summed E-state index contributed by atoms with van der Waals surface area (Å²) in [6, 6.07) is 12.4. The molecular weight excluding hydrogens is 555 g/mol. The van der Waals surface area contributed by atoms with Crippen LogP contribution in [0.2, 0.25) is 0 Å². The zero-order valence-corrected chi connectivity index (χ0v) is 24.8. The van der Waals surface area contributed by atoms with E-state index in [1.807, 2.05) is 0 Å². The molecule has 9 nitrogen and oxygen atoms in total. The maximum absolute atomic E-state index is 13.0. The molecule has 0 atom stereocenters. The lowest BCUT2D eigenvalue weighted by Gasteiger charge is -2.15. The van der Waals surface area contributed by atoms with Crippen LogP contribution in [-0.4, -0.2) is 40.4 Å². The summed E-state index contributed by atoms with van der Waals surface area (Å²) in [6.45, 7) is 10.4. The van der Waals surface area contributed by atoms with Crippen molar-refractivity contribution in [3.8, 4) is 0 Å². The van der Waals surface area contributed by atoms with E-state index in [-0.39, 0.29) is 14.7 Å². The standard InChI is InChI=1S/3C8H10O3S.Al/c3*1-6-3-4-8(5-7(6)2)12(9,10)11;/h3*3-5H,1-2H3,(H,9,10,11);/q;;;+3/p-3. The topological polar surface area (TPSA) is 130 Å². The van der Waals surface area contributed by atoms with Crippen LogP contribution < -0.4 is 0 Å². The van der Waals surface area contributed by atoms with Gasteiger partial charge in [0, 0.05) is 0 Å². The molecule has 198 valence electrons. The van der Waals surface area contributed by atoms with Crippen molar-refractivity contribution in [1.82, 2.24) is 0 Å². The lowest BCUT2D eigenvalue weighted by molar-refractivity contribution is 0.311. The first-order valence-electron chi connectivity index (χ1n) is 11.0. The predicted molar refractivity (Wildman–Crippen MR) is 138 cm³/mol. The van der Waals surface area contributed by atoms with Gasteiger partial charge in [-0.05, 0) is 111 Å². The van der Waals surface area contributed by atoms with Gasteiger partial charge in [-0.2, -0.15) is 25.3 Å². The molecule has 0 aliphatic carbocycles. The van der Waals surface area contributed by atoms with Crippen LogP contribution in [0.25, 0.3) is 0 Å². The number of hydrogen-bond acceptors (Lipinski definition) is 9. The SMILES string of the molecule is Cc1ccc(S(=O)(=O)[O][Al]([O]S(=O)(=O)c2ccc(C)c(C)c2)[O]S(=O)(=O)c2ccc(C)c(C)c2)cc1C. The fourth-order valence-corrected chi connectivity index (χ4v) is 9.87. The van der Waals surface area contributed by atoms with Gasteiger partial charge in [-0.15, -0.1) is 0 Å². The van der Waals surface area contributed by atoms with E-state index < -0.39 is 45.5 Å². The highest BCUT2D eigenvalue weighted by Crippen LogP contribution is 2.24. The molecule has 0 fully saturated rings. The van der Waals surface area contributed by atoms with E-state index in [0.717, 1.165) is 16.7 Å². The molecule has 0 bridgehead atoms. The Bertz CT molecular complexity index is 1460. The van der Waals surface area contributed by atoms with Crippen LogP contribution in [0.3, 0.4) is 0 Å². The summed E-state index contributed by atoms with van der Waals surface area (Å²) in [6.07, 6.45) is 0. The van der Waals surface area contributed by atoms with Crippen molar-refractivity contribution in [3.05, 3.63) is 88.0 Å². The quantitative estimate of drug-likeness (QED) is 0.343. The summed E-state index contributed by atoms with van der Waals surface area (Å²) in [7, 11) is -14.0. The largest absolute Gasteiger partial charge is 0.952 e. The van der Waals surface area contributed by atoms with Crippen LogP contribution in [0.1, 0.15) is 33.4 Å². The number of aryl methyl sites for hydroxylation is 6. The molecule has 0 unspecified atom stereocenters. The van der Waals surface area contributed by atoms with E-state index in [1.165, 1.54) is 36.4 Å². The average Bonchev–Trinajstić information content (AvgIpc) is 2.78. The van der Waals surface area contributed by atoms with E-state index in [0.29, 0.717) is 16.7 Å². The monoisotopic (exact) mass is 582 g/mol. The predicted octanol–water partition coefficient (Wildman–Crippen LogP) is 4.04. The summed E-state index contributed by atoms with van der Waals surface area (Å²) in [5.74, 6) is 0. The van der Waals surface area contributed by atoms with Gasteiger partial charge in [0.1, 0.15) is 0 Å². The van der Waals surface area contributed by atoms with Crippen molar-refractivity contribution < 1.29 is 35.0 Å². The van der Waals surface area contributed by atoms with Crippen LogP contribution in [0.5, 0.6) is 0 Å². The maximum Gasteiger partial charge on any atom is 0.952 e. The highest BCUT2D eigenvalue weighted by molar-refractivity contribution is 7.90. The van der Waals surface area contributed by atoms with Gasteiger partial charge in [-0.25, -0.2) is 0 Å². The lowest BCUT2D eigenvalue weighted by Crippen LogP contribution is -2.35. The molecular formula is C24H27AlO9S3. The van der Waals surface area contributed by atoms with E-state index in [4.69, 9.17) is 9.70 Å². The normalized spacial score (nSPS) is 12.5. The maximum atomic E-state index is 13.0. The molecule has 0 radical (unpaired) electrons. The zero-order chi connectivity index (χ0) is 27.8. The first-order valence-corrected chi connectivity index (χ1v) is 16.7. The Kier molecular flexibility index (Phi) is 8.73. The van der Waals surface area contributed by atoms with Crippen LogP contribution in [0.4, 0.5) is 0 Å². The molecule has 0 N–H and O–H groups in total. The molecule has 3 aromatic rings. The molecule has 0 saturated carbocycles. The smallest absolute Gasteiger partial charge is 0.338 e. The van der Waals surface area contributed by atoms with Crippen LogP contribution in [0.15, 0.2) is 69.3 Å². The second kappa shape index (κ2) is 11.0. The minimum atomic E-state index is -4.65. The van der Waals surface area contributed by atoms with Crippen molar-refractivity contribution in [3.63, 3.8) is 0 Å². The minimum absolute atomic E-state index is 0.299. The van der Waals surface area contributed by atoms with Crippen molar-refractivity contribution in [2.45, 2.75) is 56.2 Å². The Morgan fingerprint density at radius 3 is 0.892 bits per heavy atom. The number of hydrogen-bond donors (Lipinski definition) is 0. The molecule has 0 spiro atoms. The third-order valence-corrected chi connectivity index (χ3v) is 13.3. The van der Waals surface area contributed by atoms with E-state index in [2.05, 4.69) is 0 Å². The van der Waals surface area contributed by atoms with Gasteiger partial charge < -0.3 is 9.70 Å². The van der Waals surface area contributed by atoms with Crippen molar-refractivity contribution in [2.75, 3.05) is 0 Å². The minimum Gasteiger partial charge on any atom is -0.338 e. The third-order valence-electron chi connectivity index (χ3n) is 5.92. The Morgan fingerprint density at radius 1 is 0.432 bits per heavy atom. The van der Waals surface area contributed by atoms with Gasteiger partial charge in [0.15, 0.2) is 0 Å². The van der Waals surface area contributed by atoms with Gasteiger partial charge in [0.25, 0.3) is 30.4 Å². The van der Waals surface area contributed by atoms with Gasteiger partial charge in [-0.1, -0.05) is 18.2 Å². The van der Waals surface area contributed by atoms with Gasteiger partial charge in [0.05, 0.1) is 14.7 Å². The van der Waals surface area contributed by atoms with E-state index >= 15 is 0 Å². The summed E-state index contributed by atoms with van der Waals surface area (Å²) in [5.41, 5.74) is 4.35. The van der Waals surface area contributed by atoms with Gasteiger partial charge in [-0.3, -0.25) is 0 Å². The van der Waals surface area contributed by atoms with Crippen molar-refractivity contribution in [2.24, 2.45) is 0 Å². The van der Waals surface area contributed by atoms with Gasteiger partial charge in [0.2, 0.25) is 0 Å². The van der Waals surface area contributed by atoms with Crippen molar-refractivity contribution in [1.29, 1.82) is 0 Å². The Balaban J connectivity index is 2.03. The second-order valence-corrected chi connectivity index (χ2v) is 15.7. The van der Waals surface area contributed by atoms with E-state index in [9.17, 15) is 25.3 Å². The molecule has 37 heavy (non-hydrogen) atoms. The molecule has 0 aliphatic rings. The molecule has 3 aromatic carbocycles. The fraction of sp³-hybridized carbons (Fsp3) is 0.250. The summed E-state index contributed by atoms with van der Waals surface area (Å²) in [4.78, 5) is -0.896. The first kappa shape index (κ1) is 29.5. The summed E-state index contributed by atoms with van der Waals surface area (Å²) in [5, 5.41) is 0. The molecule has 13 heteroatoms. The van der Waals surface area contributed by atoms with Crippen molar-refractivity contribution >= 4 is 45.5 Å². The molecule has 0 amide bonds. The van der Waals surface area contributed by atoms with Crippen LogP contribution >= 0.6 is 0 Å². The molecule has 0 heterocycles. The Hall–Kier alpha value is -2.08. The molecule has 0 aliphatic heterocycles. The summed E-state index contributed by atoms with van der Waals surface area (Å²) < 4.78 is 93.2. The Labute approximate surface area is 223 Å². The van der Waals surface area contributed by atoms with Gasteiger partial charge >= 0.3 is 15.1 Å². The first-order chi connectivity index (χ1) is 17.0. The summed E-state index contributed by atoms with van der Waals surface area (Å²) >= 11 is -4.47. The van der Waals surface area contributed by atoms with E-state index in [1.54, 1.807) is 59.7 Å². The Morgan fingerprint density at radius 2 is 0.676 bits per heavy atom. The molecule has 3 rings (SSSR count). The van der Waals surface area contributed by atoms with Crippen LogP contribution in [0, 0.1) is 41.5 Å². The molecule has 0 aromatic heterocycles. The number of benzene rings is 3. The zero-order valence-electron chi connectivity index (χ0n) is 21.2. The number of rotatable bonds is 9. The highest BCUT2D eigenvalue weighted by atomic mass is 32.2. The molecule has 0 saturated heterocycles. The average molecular weight is 583 g/mol. The fourth-order valence-electron chi connectivity index (χ4n) is 3.13. The lowest BCUT2D eigenvalue weighted by atomic mass is 10.1.